The van der Waals surface area contributed by atoms with Gasteiger partial charge in [-0.05, 0) is 12.8 Å². The first kappa shape index (κ1) is 16.6. The van der Waals surface area contributed by atoms with Crippen LogP contribution >= 0.6 is 30.8 Å². The molecule has 2 unspecified atom stereocenters. The Balaban J connectivity index is 4.83. The minimum atomic E-state index is -4.42. The summed E-state index contributed by atoms with van der Waals surface area (Å²) in [5.74, 6) is 0. The van der Waals surface area contributed by atoms with E-state index in [-0.39, 0.29) is 13.2 Å². The van der Waals surface area contributed by atoms with E-state index in [2.05, 4.69) is 0 Å². The van der Waals surface area contributed by atoms with Crippen molar-refractivity contribution in [2.45, 2.75) is 37.2 Å². The molecule has 0 aromatic carbocycles. The van der Waals surface area contributed by atoms with Gasteiger partial charge < -0.3 is 9.05 Å². The molecule has 0 amide bonds. The number of hydrogen-bond donors (Lipinski definition) is 0. The second-order valence-corrected chi connectivity index (χ2v) is 6.41. The van der Waals surface area contributed by atoms with Crippen LogP contribution in [0.25, 0.3) is 0 Å². The first-order valence-corrected chi connectivity index (χ1v) is 7.22. The van der Waals surface area contributed by atoms with Gasteiger partial charge in [0.2, 0.25) is 5.63 Å². The molecule has 0 aliphatic heterocycles. The van der Waals surface area contributed by atoms with E-state index in [4.69, 9.17) is 32.2 Å². The molecule has 0 radical (unpaired) electrons. The maximum Gasteiger partial charge on any atom is 0.387 e. The van der Waals surface area contributed by atoms with Crippen LogP contribution in [0.3, 0.4) is 0 Å². The third kappa shape index (κ3) is 4.11. The van der Waals surface area contributed by atoms with E-state index in [1.54, 1.807) is 13.8 Å². The van der Waals surface area contributed by atoms with Gasteiger partial charge in [0.15, 0.2) is 0 Å². The molecular formula is C8H15Cl2F2O3P. The largest absolute Gasteiger partial charge is 0.387 e. The molecule has 98 valence electrons. The van der Waals surface area contributed by atoms with E-state index in [1.807, 2.05) is 0 Å². The molecule has 0 spiro atoms. The number of hydrogen-bond acceptors (Lipinski definition) is 3. The molecule has 0 bridgehead atoms. The summed E-state index contributed by atoms with van der Waals surface area (Å²) in [5.41, 5.74) is -2.67. The first-order chi connectivity index (χ1) is 7.31. The Kier molecular flexibility index (Phi) is 7.38. The van der Waals surface area contributed by atoms with Crippen LogP contribution in [0.5, 0.6) is 0 Å². The van der Waals surface area contributed by atoms with Crippen LogP contribution in [0, 0.1) is 0 Å². The molecule has 0 aliphatic rings. The molecule has 0 N–H and O–H groups in total. The zero-order valence-corrected chi connectivity index (χ0v) is 11.5. The van der Waals surface area contributed by atoms with Crippen LogP contribution in [0.15, 0.2) is 0 Å². The van der Waals surface area contributed by atoms with Crippen molar-refractivity contribution in [1.82, 2.24) is 0 Å². The van der Waals surface area contributed by atoms with Gasteiger partial charge in [-0.1, -0.05) is 37.0 Å². The van der Waals surface area contributed by atoms with E-state index in [0.29, 0.717) is 12.8 Å². The lowest BCUT2D eigenvalue weighted by atomic mass is 10.5. The SMILES string of the molecule is CCCOP(=O)(OCCC)C(F)(Cl)C(F)Cl. The Morgan fingerprint density at radius 2 is 1.69 bits per heavy atom. The zero-order chi connectivity index (χ0) is 12.8. The molecule has 0 heterocycles. The van der Waals surface area contributed by atoms with Crippen LogP contribution in [-0.4, -0.2) is 23.7 Å². The average Bonchev–Trinajstić information content (AvgIpc) is 2.23. The summed E-state index contributed by atoms with van der Waals surface area (Å²) in [6.45, 7) is 3.32. The summed E-state index contributed by atoms with van der Waals surface area (Å²) in [4.78, 5) is -3.36. The summed E-state index contributed by atoms with van der Waals surface area (Å²) in [7, 11) is -4.42. The standard InChI is InChI=1S/C8H15Cl2F2O3P/c1-3-5-14-16(13,15-6-4-2)8(10,12)7(9)11/h7H,3-6H2,1-2H3. The maximum atomic E-state index is 13.7. The molecule has 8 heteroatoms. The molecule has 2 atom stereocenters. The molecule has 3 nitrogen and oxygen atoms in total. The van der Waals surface area contributed by atoms with Gasteiger partial charge in [-0.3, -0.25) is 4.57 Å². The Labute approximate surface area is 104 Å². The molecule has 0 rings (SSSR count). The van der Waals surface area contributed by atoms with Crippen LogP contribution in [0.2, 0.25) is 0 Å². The van der Waals surface area contributed by atoms with Crippen molar-refractivity contribution in [3.8, 4) is 0 Å². The Hall–Kier alpha value is 0.590. The Bertz CT molecular complexity index is 239. The molecule has 0 saturated heterocycles. The lowest BCUT2D eigenvalue weighted by Crippen LogP contribution is -2.27. The quantitative estimate of drug-likeness (QED) is 0.491. The average molecular weight is 299 g/mol. The fourth-order valence-electron chi connectivity index (χ4n) is 0.752. The third-order valence-electron chi connectivity index (χ3n) is 1.56. The van der Waals surface area contributed by atoms with Crippen molar-refractivity contribution in [1.29, 1.82) is 0 Å². The number of alkyl halides is 4. The summed E-state index contributed by atoms with van der Waals surface area (Å²) in [6.07, 6.45) is 0.928. The van der Waals surface area contributed by atoms with Gasteiger partial charge in [-0.2, -0.15) is 0 Å². The Morgan fingerprint density at radius 3 is 1.94 bits per heavy atom. The first-order valence-electron chi connectivity index (χ1n) is 4.87. The zero-order valence-electron chi connectivity index (χ0n) is 9.09. The van der Waals surface area contributed by atoms with Crippen molar-refractivity contribution in [2.75, 3.05) is 13.2 Å². The van der Waals surface area contributed by atoms with Gasteiger partial charge in [0, 0.05) is 0 Å². The van der Waals surface area contributed by atoms with Crippen molar-refractivity contribution >= 4 is 30.8 Å². The lowest BCUT2D eigenvalue weighted by Gasteiger charge is -2.27. The van der Waals surface area contributed by atoms with E-state index < -0.39 is 18.1 Å². The smallest absolute Gasteiger partial charge is 0.305 e. The summed E-state index contributed by atoms with van der Waals surface area (Å²) in [5, 5.41) is 0. The normalized spacial score (nSPS) is 18.1. The fraction of sp³-hybridized carbons (Fsp3) is 1.00. The predicted molar refractivity (Wildman–Crippen MR) is 60.5 cm³/mol. The minimum absolute atomic E-state index is 0.0526. The van der Waals surface area contributed by atoms with Gasteiger partial charge in [0.05, 0.1) is 13.2 Å². The highest BCUT2D eigenvalue weighted by atomic mass is 35.5. The molecule has 0 aromatic heterocycles. The Morgan fingerprint density at radius 1 is 1.31 bits per heavy atom. The topological polar surface area (TPSA) is 35.5 Å². The van der Waals surface area contributed by atoms with E-state index >= 15 is 0 Å². The van der Waals surface area contributed by atoms with E-state index in [0.717, 1.165) is 0 Å². The fourth-order valence-corrected chi connectivity index (χ4v) is 2.91. The van der Waals surface area contributed by atoms with Crippen molar-refractivity contribution in [3.05, 3.63) is 0 Å². The van der Waals surface area contributed by atoms with Crippen molar-refractivity contribution < 1.29 is 22.4 Å². The monoisotopic (exact) mass is 298 g/mol. The third-order valence-corrected chi connectivity index (χ3v) is 4.94. The predicted octanol–water partition coefficient (Wildman–Crippen LogP) is 4.43. The highest BCUT2D eigenvalue weighted by Crippen LogP contribution is 2.65. The van der Waals surface area contributed by atoms with Gasteiger partial charge in [-0.25, -0.2) is 8.78 Å². The summed E-state index contributed by atoms with van der Waals surface area (Å²) < 4.78 is 47.7. The van der Waals surface area contributed by atoms with Gasteiger partial charge in [-0.15, -0.1) is 0 Å². The molecule has 0 aliphatic carbocycles. The van der Waals surface area contributed by atoms with Crippen molar-refractivity contribution in [3.63, 3.8) is 0 Å². The second-order valence-electron chi connectivity index (χ2n) is 3.05. The van der Waals surface area contributed by atoms with Gasteiger partial charge >= 0.3 is 12.5 Å². The molecule has 0 fully saturated rings. The van der Waals surface area contributed by atoms with Crippen LogP contribution in [0.4, 0.5) is 8.78 Å². The molecule has 16 heavy (non-hydrogen) atoms. The summed E-state index contributed by atoms with van der Waals surface area (Å²) >= 11 is 10.1. The maximum absolute atomic E-state index is 13.7. The molecule has 0 aromatic rings. The lowest BCUT2D eigenvalue weighted by molar-refractivity contribution is 0.145. The van der Waals surface area contributed by atoms with Gasteiger partial charge in [0.25, 0.3) is 0 Å². The van der Waals surface area contributed by atoms with E-state index in [9.17, 15) is 13.3 Å². The molecular weight excluding hydrogens is 284 g/mol. The number of halogens is 4. The summed E-state index contributed by atoms with van der Waals surface area (Å²) in [6, 6.07) is 0. The number of rotatable bonds is 8. The molecule has 0 saturated carbocycles. The van der Waals surface area contributed by atoms with Gasteiger partial charge in [0.1, 0.15) is 0 Å². The van der Waals surface area contributed by atoms with Crippen LogP contribution in [-0.2, 0) is 13.6 Å². The minimum Gasteiger partial charge on any atom is -0.305 e. The second kappa shape index (κ2) is 7.12. The highest BCUT2D eigenvalue weighted by molar-refractivity contribution is 7.57. The van der Waals surface area contributed by atoms with Crippen LogP contribution in [0.1, 0.15) is 26.7 Å². The highest BCUT2D eigenvalue weighted by Gasteiger charge is 2.57. The van der Waals surface area contributed by atoms with Crippen molar-refractivity contribution in [2.24, 2.45) is 0 Å². The van der Waals surface area contributed by atoms with E-state index in [1.165, 1.54) is 0 Å². The van der Waals surface area contributed by atoms with Crippen LogP contribution < -0.4 is 0 Å².